The van der Waals surface area contributed by atoms with E-state index >= 15 is 0 Å². The van der Waals surface area contributed by atoms with E-state index in [-0.39, 0.29) is 5.78 Å². The predicted octanol–water partition coefficient (Wildman–Crippen LogP) is 3.35. The van der Waals surface area contributed by atoms with Crippen LogP contribution in [-0.4, -0.2) is 30.3 Å². The van der Waals surface area contributed by atoms with E-state index in [0.717, 1.165) is 30.5 Å². The number of hydrogen-bond donors (Lipinski definition) is 0. The lowest BCUT2D eigenvalue weighted by Gasteiger charge is -2.18. The SMILES string of the molecule is CC1(C)CCN(CC(=O)c2cc3ccccc3o2)C1. The van der Waals surface area contributed by atoms with Crippen molar-refractivity contribution in [2.45, 2.75) is 20.3 Å². The average Bonchev–Trinajstić information content (AvgIpc) is 2.92. The van der Waals surface area contributed by atoms with Gasteiger partial charge < -0.3 is 4.42 Å². The number of fused-ring (bicyclic) bond motifs is 1. The topological polar surface area (TPSA) is 33.5 Å². The maximum absolute atomic E-state index is 12.2. The van der Waals surface area contributed by atoms with E-state index in [1.54, 1.807) is 0 Å². The summed E-state index contributed by atoms with van der Waals surface area (Å²) in [7, 11) is 0. The average molecular weight is 257 g/mol. The zero-order chi connectivity index (χ0) is 13.5. The normalized spacial score (nSPS) is 19.1. The molecule has 0 aliphatic carbocycles. The van der Waals surface area contributed by atoms with Crippen LogP contribution in [-0.2, 0) is 0 Å². The Morgan fingerprint density at radius 3 is 2.84 bits per heavy atom. The highest BCUT2D eigenvalue weighted by atomic mass is 16.3. The fourth-order valence-corrected chi connectivity index (χ4v) is 2.76. The predicted molar refractivity (Wildman–Crippen MR) is 75.4 cm³/mol. The van der Waals surface area contributed by atoms with Gasteiger partial charge in [-0.15, -0.1) is 0 Å². The number of furan rings is 1. The molecule has 1 saturated heterocycles. The number of likely N-dealkylation sites (tertiary alicyclic amines) is 1. The Morgan fingerprint density at radius 1 is 1.37 bits per heavy atom. The van der Waals surface area contributed by atoms with Crippen molar-refractivity contribution in [3.8, 4) is 0 Å². The zero-order valence-electron chi connectivity index (χ0n) is 11.5. The number of hydrogen-bond acceptors (Lipinski definition) is 3. The van der Waals surface area contributed by atoms with Gasteiger partial charge in [-0.05, 0) is 30.5 Å². The molecule has 0 unspecified atom stereocenters. The lowest BCUT2D eigenvalue weighted by Crippen LogP contribution is -2.29. The van der Waals surface area contributed by atoms with E-state index in [4.69, 9.17) is 4.42 Å². The molecule has 3 rings (SSSR count). The molecule has 0 atom stereocenters. The van der Waals surface area contributed by atoms with E-state index < -0.39 is 0 Å². The summed E-state index contributed by atoms with van der Waals surface area (Å²) in [4.78, 5) is 14.5. The van der Waals surface area contributed by atoms with Gasteiger partial charge in [-0.2, -0.15) is 0 Å². The first-order valence-electron chi connectivity index (χ1n) is 6.78. The van der Waals surface area contributed by atoms with E-state index in [0.29, 0.717) is 17.7 Å². The second kappa shape index (κ2) is 4.49. The van der Waals surface area contributed by atoms with Gasteiger partial charge in [0.1, 0.15) is 5.58 Å². The molecule has 0 amide bonds. The Balaban J connectivity index is 1.74. The van der Waals surface area contributed by atoms with Crippen molar-refractivity contribution in [2.24, 2.45) is 5.41 Å². The van der Waals surface area contributed by atoms with Crippen molar-refractivity contribution < 1.29 is 9.21 Å². The van der Waals surface area contributed by atoms with Crippen molar-refractivity contribution in [3.63, 3.8) is 0 Å². The molecule has 0 saturated carbocycles. The van der Waals surface area contributed by atoms with Crippen LogP contribution in [0.15, 0.2) is 34.7 Å². The van der Waals surface area contributed by atoms with Crippen LogP contribution in [0.5, 0.6) is 0 Å². The molecule has 1 aliphatic heterocycles. The highest BCUT2D eigenvalue weighted by molar-refractivity contribution is 5.98. The molecular weight excluding hydrogens is 238 g/mol. The van der Waals surface area contributed by atoms with Gasteiger partial charge in [-0.3, -0.25) is 9.69 Å². The molecule has 1 aromatic heterocycles. The van der Waals surface area contributed by atoms with E-state index in [9.17, 15) is 4.79 Å². The molecule has 3 heteroatoms. The molecular formula is C16H19NO2. The molecule has 3 nitrogen and oxygen atoms in total. The maximum atomic E-state index is 12.2. The number of rotatable bonds is 3. The van der Waals surface area contributed by atoms with Crippen molar-refractivity contribution in [1.82, 2.24) is 4.90 Å². The van der Waals surface area contributed by atoms with Gasteiger partial charge in [0.15, 0.2) is 5.76 Å². The monoisotopic (exact) mass is 257 g/mol. The van der Waals surface area contributed by atoms with Crippen LogP contribution in [0.25, 0.3) is 11.0 Å². The quantitative estimate of drug-likeness (QED) is 0.791. The lowest BCUT2D eigenvalue weighted by molar-refractivity contribution is 0.0915. The molecule has 0 N–H and O–H groups in total. The Hall–Kier alpha value is -1.61. The molecule has 0 bridgehead atoms. The first kappa shape index (κ1) is 12.4. The largest absolute Gasteiger partial charge is 0.453 e. The summed E-state index contributed by atoms with van der Waals surface area (Å²) < 4.78 is 5.62. The smallest absolute Gasteiger partial charge is 0.211 e. The molecule has 1 aliphatic rings. The van der Waals surface area contributed by atoms with Crippen LogP contribution < -0.4 is 0 Å². The van der Waals surface area contributed by atoms with E-state index in [1.807, 2.05) is 30.3 Å². The number of nitrogens with zero attached hydrogens (tertiary/aromatic N) is 1. The van der Waals surface area contributed by atoms with Gasteiger partial charge in [0, 0.05) is 11.9 Å². The summed E-state index contributed by atoms with van der Waals surface area (Å²) in [6.45, 7) is 6.94. The Kier molecular flexibility index (Phi) is 2.94. The molecule has 0 spiro atoms. The highest BCUT2D eigenvalue weighted by Crippen LogP contribution is 2.29. The van der Waals surface area contributed by atoms with E-state index in [1.165, 1.54) is 0 Å². The van der Waals surface area contributed by atoms with Crippen LogP contribution in [0.1, 0.15) is 30.8 Å². The minimum atomic E-state index is 0.0777. The number of benzene rings is 1. The van der Waals surface area contributed by atoms with Crippen molar-refractivity contribution in [2.75, 3.05) is 19.6 Å². The first-order chi connectivity index (χ1) is 9.03. The molecule has 2 aromatic rings. The number of carbonyl (C=O) groups is 1. The van der Waals surface area contributed by atoms with E-state index in [2.05, 4.69) is 18.7 Å². The first-order valence-corrected chi connectivity index (χ1v) is 6.78. The van der Waals surface area contributed by atoms with Crippen LogP contribution in [0.4, 0.5) is 0 Å². The van der Waals surface area contributed by atoms with Gasteiger partial charge in [-0.1, -0.05) is 32.0 Å². The third kappa shape index (κ3) is 2.56. The summed E-state index contributed by atoms with van der Waals surface area (Å²) in [5.74, 6) is 0.555. The summed E-state index contributed by atoms with van der Waals surface area (Å²) in [6, 6.07) is 9.58. The second-order valence-corrected chi connectivity index (χ2v) is 6.20. The minimum absolute atomic E-state index is 0.0777. The van der Waals surface area contributed by atoms with Gasteiger partial charge in [0.25, 0.3) is 0 Å². The van der Waals surface area contributed by atoms with Gasteiger partial charge in [0.2, 0.25) is 5.78 Å². The number of Topliss-reactive ketones (excluding diaryl/α,β-unsaturated/α-hetero) is 1. The molecule has 2 heterocycles. The fraction of sp³-hybridized carbons (Fsp3) is 0.438. The summed E-state index contributed by atoms with van der Waals surface area (Å²) in [6.07, 6.45) is 1.15. The van der Waals surface area contributed by atoms with Crippen molar-refractivity contribution >= 4 is 16.8 Å². The Bertz CT molecular complexity index is 579. The van der Waals surface area contributed by atoms with Crippen molar-refractivity contribution in [1.29, 1.82) is 0 Å². The van der Waals surface area contributed by atoms with Gasteiger partial charge >= 0.3 is 0 Å². The van der Waals surface area contributed by atoms with Gasteiger partial charge in [-0.25, -0.2) is 0 Å². The molecule has 19 heavy (non-hydrogen) atoms. The number of ketones is 1. The minimum Gasteiger partial charge on any atom is -0.453 e. The summed E-state index contributed by atoms with van der Waals surface area (Å²) in [5, 5.41) is 0.993. The molecule has 1 fully saturated rings. The summed E-state index contributed by atoms with van der Waals surface area (Å²) >= 11 is 0. The van der Waals surface area contributed by atoms with Gasteiger partial charge in [0.05, 0.1) is 6.54 Å². The van der Waals surface area contributed by atoms with Crippen LogP contribution in [0.3, 0.4) is 0 Å². The third-order valence-electron chi connectivity index (χ3n) is 3.82. The molecule has 0 radical (unpaired) electrons. The van der Waals surface area contributed by atoms with Crippen LogP contribution >= 0.6 is 0 Å². The lowest BCUT2D eigenvalue weighted by atomic mass is 9.93. The second-order valence-electron chi connectivity index (χ2n) is 6.20. The highest BCUT2D eigenvalue weighted by Gasteiger charge is 2.30. The number of para-hydroxylation sites is 1. The van der Waals surface area contributed by atoms with Crippen molar-refractivity contribution in [3.05, 3.63) is 36.1 Å². The zero-order valence-corrected chi connectivity index (χ0v) is 11.5. The molecule has 100 valence electrons. The molecule has 1 aromatic carbocycles. The maximum Gasteiger partial charge on any atom is 0.211 e. The fourth-order valence-electron chi connectivity index (χ4n) is 2.76. The van der Waals surface area contributed by atoms with Crippen LogP contribution in [0.2, 0.25) is 0 Å². The Morgan fingerprint density at radius 2 is 2.16 bits per heavy atom. The third-order valence-corrected chi connectivity index (χ3v) is 3.82. The standard InChI is InChI=1S/C16H19NO2/c1-16(2)7-8-17(11-16)10-13(18)15-9-12-5-3-4-6-14(12)19-15/h3-6,9H,7-8,10-11H2,1-2H3. The summed E-state index contributed by atoms with van der Waals surface area (Å²) in [5.41, 5.74) is 1.11. The van der Waals surface area contributed by atoms with Crippen LogP contribution in [0, 0.1) is 5.41 Å². The Labute approximate surface area is 113 Å². The number of carbonyl (C=O) groups excluding carboxylic acids is 1.